The minimum Gasteiger partial charge on any atom is -0.389 e. The van der Waals surface area contributed by atoms with Crippen LogP contribution in [0.15, 0.2) is 0 Å². The van der Waals surface area contributed by atoms with Crippen LogP contribution in [-0.4, -0.2) is 74.9 Å². The zero-order valence-corrected chi connectivity index (χ0v) is 11.8. The molecule has 1 saturated heterocycles. The monoisotopic (exact) mass is 261 g/mol. The Balaban J connectivity index is 2.19. The van der Waals surface area contributed by atoms with Gasteiger partial charge in [0.1, 0.15) is 0 Å². The first-order valence-corrected chi connectivity index (χ1v) is 6.74. The van der Waals surface area contributed by atoms with Gasteiger partial charge in [0.15, 0.2) is 0 Å². The molecule has 18 heavy (non-hydrogen) atoms. The Bertz CT molecular complexity index is 215. The van der Waals surface area contributed by atoms with Crippen LogP contribution in [0, 0.1) is 0 Å². The van der Waals surface area contributed by atoms with Crippen LogP contribution in [0.1, 0.15) is 20.3 Å². The predicted molar refractivity (Wildman–Crippen MR) is 69.8 cm³/mol. The fraction of sp³-hybridized carbons (Fsp3) is 1.00. The summed E-state index contributed by atoms with van der Waals surface area (Å²) in [6.07, 6.45) is 0.844. The van der Waals surface area contributed by atoms with Gasteiger partial charge in [-0.2, -0.15) is 0 Å². The van der Waals surface area contributed by atoms with E-state index in [0.717, 1.165) is 26.1 Å². The summed E-state index contributed by atoms with van der Waals surface area (Å²) in [5.41, 5.74) is 0. The smallest absolute Gasteiger partial charge is 0.0900 e. The third-order valence-corrected chi connectivity index (χ3v) is 2.98. The zero-order valence-electron chi connectivity index (χ0n) is 11.8. The maximum atomic E-state index is 9.95. The van der Waals surface area contributed by atoms with Crippen molar-refractivity contribution in [2.45, 2.75) is 38.6 Å². The molecule has 1 aliphatic heterocycles. The van der Waals surface area contributed by atoms with Crippen LogP contribution < -0.4 is 0 Å². The summed E-state index contributed by atoms with van der Waals surface area (Å²) in [7, 11) is 1.65. The topological polar surface area (TPSA) is 51.2 Å². The second-order valence-corrected chi connectivity index (χ2v) is 5.05. The van der Waals surface area contributed by atoms with Crippen LogP contribution in [0.5, 0.6) is 0 Å². The molecule has 0 aromatic rings. The zero-order chi connectivity index (χ0) is 13.4. The van der Waals surface area contributed by atoms with Crippen LogP contribution >= 0.6 is 0 Å². The van der Waals surface area contributed by atoms with Gasteiger partial charge in [0.25, 0.3) is 0 Å². The Morgan fingerprint density at radius 1 is 1.44 bits per heavy atom. The molecule has 1 aliphatic rings. The SMILES string of the molecule is COCC(C)OCC(O)CN1CCCOC(C)C1. The number of β-amino-alcohol motifs (C(OH)–C–C–N with tert-alkyl or cyclic N) is 1. The highest BCUT2D eigenvalue weighted by Crippen LogP contribution is 2.06. The first-order chi connectivity index (χ1) is 8.61. The number of hydrogen-bond donors (Lipinski definition) is 1. The van der Waals surface area contributed by atoms with Gasteiger partial charge in [-0.3, -0.25) is 4.90 Å². The van der Waals surface area contributed by atoms with Crippen molar-refractivity contribution in [1.82, 2.24) is 4.90 Å². The molecule has 1 rings (SSSR count). The highest BCUT2D eigenvalue weighted by Gasteiger charge is 2.18. The van der Waals surface area contributed by atoms with Crippen LogP contribution in [0.2, 0.25) is 0 Å². The normalized spacial score (nSPS) is 25.7. The average molecular weight is 261 g/mol. The lowest BCUT2D eigenvalue weighted by molar-refractivity contribution is -0.0409. The molecule has 0 aliphatic carbocycles. The maximum Gasteiger partial charge on any atom is 0.0900 e. The van der Waals surface area contributed by atoms with Crippen molar-refractivity contribution < 1.29 is 19.3 Å². The third-order valence-electron chi connectivity index (χ3n) is 2.98. The molecule has 108 valence electrons. The second-order valence-electron chi connectivity index (χ2n) is 5.05. The largest absolute Gasteiger partial charge is 0.389 e. The maximum absolute atomic E-state index is 9.95. The van der Waals surface area contributed by atoms with E-state index in [-0.39, 0.29) is 12.2 Å². The number of methoxy groups -OCH3 is 1. The van der Waals surface area contributed by atoms with Gasteiger partial charge in [-0.25, -0.2) is 0 Å². The number of hydrogen-bond acceptors (Lipinski definition) is 5. The van der Waals surface area contributed by atoms with Crippen LogP contribution in [-0.2, 0) is 14.2 Å². The fourth-order valence-corrected chi connectivity index (χ4v) is 2.16. The molecule has 5 nitrogen and oxygen atoms in total. The Morgan fingerprint density at radius 2 is 2.22 bits per heavy atom. The summed E-state index contributed by atoms with van der Waals surface area (Å²) in [6.45, 7) is 8.25. The Morgan fingerprint density at radius 3 is 2.94 bits per heavy atom. The highest BCUT2D eigenvalue weighted by molar-refractivity contribution is 4.70. The number of nitrogens with zero attached hydrogens (tertiary/aromatic N) is 1. The molecule has 3 atom stereocenters. The second kappa shape index (κ2) is 8.82. The van der Waals surface area contributed by atoms with Crippen molar-refractivity contribution in [2.75, 3.05) is 46.6 Å². The Labute approximate surface area is 110 Å². The molecule has 0 radical (unpaired) electrons. The third kappa shape index (κ3) is 6.66. The van der Waals surface area contributed by atoms with E-state index in [1.54, 1.807) is 7.11 Å². The van der Waals surface area contributed by atoms with Crippen molar-refractivity contribution in [2.24, 2.45) is 0 Å². The molecule has 0 bridgehead atoms. The van der Waals surface area contributed by atoms with E-state index in [1.807, 2.05) is 6.92 Å². The van der Waals surface area contributed by atoms with Crippen molar-refractivity contribution in [3.8, 4) is 0 Å². The van der Waals surface area contributed by atoms with Crippen LogP contribution in [0.4, 0.5) is 0 Å². The number of aliphatic hydroxyl groups excluding tert-OH is 1. The lowest BCUT2D eigenvalue weighted by Crippen LogP contribution is -2.39. The van der Waals surface area contributed by atoms with Gasteiger partial charge >= 0.3 is 0 Å². The van der Waals surface area contributed by atoms with Crippen LogP contribution in [0.3, 0.4) is 0 Å². The molecule has 0 spiro atoms. The van der Waals surface area contributed by atoms with Gasteiger partial charge in [-0.05, 0) is 20.3 Å². The summed E-state index contributed by atoms with van der Waals surface area (Å²) >= 11 is 0. The van der Waals surface area contributed by atoms with Gasteiger partial charge < -0.3 is 19.3 Å². The predicted octanol–water partition coefficient (Wildman–Crippen LogP) is 0.510. The van der Waals surface area contributed by atoms with Crippen molar-refractivity contribution in [3.05, 3.63) is 0 Å². The summed E-state index contributed by atoms with van der Waals surface area (Å²) in [5, 5.41) is 9.95. The van der Waals surface area contributed by atoms with Gasteiger partial charge in [0.05, 0.1) is 31.5 Å². The minimum absolute atomic E-state index is 0.0241. The van der Waals surface area contributed by atoms with E-state index in [2.05, 4.69) is 11.8 Å². The molecule has 0 amide bonds. The molecule has 0 aromatic carbocycles. The number of rotatable bonds is 7. The Kier molecular flexibility index (Phi) is 7.77. The van der Waals surface area contributed by atoms with E-state index in [1.165, 1.54) is 0 Å². The van der Waals surface area contributed by atoms with Crippen molar-refractivity contribution >= 4 is 0 Å². The number of ether oxygens (including phenoxy) is 3. The quantitative estimate of drug-likeness (QED) is 0.723. The summed E-state index contributed by atoms with van der Waals surface area (Å²) < 4.78 is 16.1. The molecule has 0 saturated carbocycles. The van der Waals surface area contributed by atoms with E-state index in [0.29, 0.717) is 19.8 Å². The standard InChI is InChI=1S/C13H27NO4/c1-11-7-14(5-4-6-17-11)8-13(15)10-18-12(2)9-16-3/h11-13,15H,4-10H2,1-3H3. The highest BCUT2D eigenvalue weighted by atomic mass is 16.5. The minimum atomic E-state index is -0.449. The molecular formula is C13H27NO4. The van der Waals surface area contributed by atoms with Crippen molar-refractivity contribution in [3.63, 3.8) is 0 Å². The molecule has 3 unspecified atom stereocenters. The molecule has 1 fully saturated rings. The number of aliphatic hydroxyl groups is 1. The first-order valence-electron chi connectivity index (χ1n) is 6.74. The Hall–Kier alpha value is -0.200. The fourth-order valence-electron chi connectivity index (χ4n) is 2.16. The van der Waals surface area contributed by atoms with E-state index >= 15 is 0 Å². The lowest BCUT2D eigenvalue weighted by Gasteiger charge is -2.25. The molecule has 1 N–H and O–H groups in total. The first kappa shape index (κ1) is 15.9. The summed E-state index contributed by atoms with van der Waals surface area (Å²) in [5.74, 6) is 0. The molecule has 1 heterocycles. The van der Waals surface area contributed by atoms with E-state index < -0.39 is 6.10 Å². The van der Waals surface area contributed by atoms with Gasteiger partial charge in [-0.1, -0.05) is 0 Å². The molecular weight excluding hydrogens is 234 g/mol. The lowest BCUT2D eigenvalue weighted by atomic mass is 10.3. The van der Waals surface area contributed by atoms with Gasteiger partial charge in [0.2, 0.25) is 0 Å². The van der Waals surface area contributed by atoms with Gasteiger partial charge in [0, 0.05) is 33.4 Å². The van der Waals surface area contributed by atoms with Gasteiger partial charge in [-0.15, -0.1) is 0 Å². The van der Waals surface area contributed by atoms with Crippen LogP contribution in [0.25, 0.3) is 0 Å². The van der Waals surface area contributed by atoms with E-state index in [4.69, 9.17) is 14.2 Å². The van der Waals surface area contributed by atoms with Crippen molar-refractivity contribution in [1.29, 1.82) is 0 Å². The summed E-state index contributed by atoms with van der Waals surface area (Å²) in [4.78, 5) is 2.24. The summed E-state index contributed by atoms with van der Waals surface area (Å²) in [6, 6.07) is 0. The molecule has 0 aromatic heterocycles. The molecule has 5 heteroatoms. The van der Waals surface area contributed by atoms with E-state index in [9.17, 15) is 5.11 Å². The average Bonchev–Trinajstić information content (AvgIpc) is 2.51.